The molecule has 2 aliphatic carbocycles. The Morgan fingerprint density at radius 1 is 1.18 bits per heavy atom. The Morgan fingerprint density at radius 3 is 2.65 bits per heavy atom. The van der Waals surface area contributed by atoms with Crippen LogP contribution in [0.2, 0.25) is 0 Å². The predicted molar refractivity (Wildman–Crippen MR) is 65.7 cm³/mol. The predicted octanol–water partition coefficient (Wildman–Crippen LogP) is 3.00. The van der Waals surface area contributed by atoms with Gasteiger partial charge >= 0.3 is 0 Å². The van der Waals surface area contributed by atoms with Crippen molar-refractivity contribution in [1.82, 2.24) is 0 Å². The zero-order chi connectivity index (χ0) is 12.0. The highest BCUT2D eigenvalue weighted by Gasteiger charge is 2.79. The fraction of sp³-hybridized carbons (Fsp3) is 1.00. The molecule has 2 saturated carbocycles. The Bertz CT molecular complexity index is 366. The van der Waals surface area contributed by atoms with Gasteiger partial charge in [-0.2, -0.15) is 0 Å². The number of rotatable bonds is 1. The van der Waals surface area contributed by atoms with E-state index in [2.05, 4.69) is 27.7 Å². The molecule has 17 heavy (non-hydrogen) atoms. The van der Waals surface area contributed by atoms with Gasteiger partial charge in [0, 0.05) is 5.41 Å². The molecule has 0 unspecified atom stereocenters. The van der Waals surface area contributed by atoms with E-state index < -0.39 is 0 Å². The summed E-state index contributed by atoms with van der Waals surface area (Å²) in [5.74, 6) is 2.45. The Hall–Kier alpha value is -0.0800. The molecule has 2 heterocycles. The maximum absolute atomic E-state index is 6.10. The SMILES string of the molecule is CC(C)[C@H]1CC[C@H](C)[C@@]12C[C@H]1O[C@@]1(C)[C@H]1O[C@H]12. The number of fused-ring (bicyclic) bond motifs is 4. The lowest BCUT2D eigenvalue weighted by molar-refractivity contribution is 0.0457. The number of epoxide rings is 2. The monoisotopic (exact) mass is 236 g/mol. The Morgan fingerprint density at radius 2 is 1.94 bits per heavy atom. The summed E-state index contributed by atoms with van der Waals surface area (Å²) in [7, 11) is 0. The Balaban J connectivity index is 1.72. The maximum Gasteiger partial charge on any atom is 0.121 e. The lowest BCUT2D eigenvalue weighted by Gasteiger charge is -2.42. The summed E-state index contributed by atoms with van der Waals surface area (Å²) in [5.41, 5.74) is 0.541. The van der Waals surface area contributed by atoms with E-state index in [1.54, 1.807) is 0 Å². The second kappa shape index (κ2) is 2.91. The zero-order valence-electron chi connectivity index (χ0n) is 11.4. The van der Waals surface area contributed by atoms with Crippen LogP contribution >= 0.6 is 0 Å². The van der Waals surface area contributed by atoms with E-state index in [0.717, 1.165) is 17.8 Å². The van der Waals surface area contributed by atoms with E-state index in [9.17, 15) is 0 Å². The molecule has 0 radical (unpaired) electrons. The third-order valence-electron chi connectivity index (χ3n) is 6.43. The first-order chi connectivity index (χ1) is 8.00. The molecule has 96 valence electrons. The molecule has 1 spiro atoms. The molecule has 0 aromatic rings. The standard InChI is InChI=1S/C15H24O2/c1-8(2)10-6-5-9(3)15(10)7-11-14(4,17-11)12-13(15)16-12/h8-13H,5-7H2,1-4H3/t9-,10+,11+,12-,13+,14+,15-/m0/s1. The summed E-state index contributed by atoms with van der Waals surface area (Å²) in [4.78, 5) is 0. The normalized spacial score (nSPS) is 63.7. The largest absolute Gasteiger partial charge is 0.366 e. The van der Waals surface area contributed by atoms with Gasteiger partial charge in [-0.25, -0.2) is 0 Å². The summed E-state index contributed by atoms with van der Waals surface area (Å²) in [6.07, 6.45) is 5.47. The zero-order valence-corrected chi connectivity index (χ0v) is 11.4. The van der Waals surface area contributed by atoms with E-state index >= 15 is 0 Å². The Kier molecular flexibility index (Phi) is 1.85. The summed E-state index contributed by atoms with van der Waals surface area (Å²) >= 11 is 0. The van der Waals surface area contributed by atoms with Crippen LogP contribution in [0.3, 0.4) is 0 Å². The number of hydrogen-bond donors (Lipinski definition) is 0. The average molecular weight is 236 g/mol. The molecule has 2 aliphatic heterocycles. The minimum atomic E-state index is 0.0970. The summed E-state index contributed by atoms with van der Waals surface area (Å²) in [6, 6.07) is 0. The maximum atomic E-state index is 6.10. The molecule has 4 fully saturated rings. The minimum absolute atomic E-state index is 0.0970. The van der Waals surface area contributed by atoms with Gasteiger partial charge in [0.15, 0.2) is 0 Å². The van der Waals surface area contributed by atoms with Gasteiger partial charge in [-0.15, -0.1) is 0 Å². The van der Waals surface area contributed by atoms with Crippen LogP contribution < -0.4 is 0 Å². The van der Waals surface area contributed by atoms with Crippen molar-refractivity contribution < 1.29 is 9.47 Å². The molecule has 2 nitrogen and oxygen atoms in total. The van der Waals surface area contributed by atoms with E-state index in [-0.39, 0.29) is 5.60 Å². The van der Waals surface area contributed by atoms with Crippen molar-refractivity contribution in [1.29, 1.82) is 0 Å². The van der Waals surface area contributed by atoms with E-state index in [1.165, 1.54) is 19.3 Å². The van der Waals surface area contributed by atoms with Crippen LogP contribution in [0.4, 0.5) is 0 Å². The molecule has 2 heteroatoms. The summed E-state index contributed by atoms with van der Waals surface area (Å²) in [6.45, 7) is 9.48. The van der Waals surface area contributed by atoms with Crippen LogP contribution in [0.15, 0.2) is 0 Å². The van der Waals surface area contributed by atoms with Crippen LogP contribution in [0.25, 0.3) is 0 Å². The fourth-order valence-electron chi connectivity index (χ4n) is 5.29. The van der Waals surface area contributed by atoms with Crippen molar-refractivity contribution in [2.75, 3.05) is 0 Å². The molecule has 0 bridgehead atoms. The number of hydrogen-bond acceptors (Lipinski definition) is 2. The highest BCUT2D eigenvalue weighted by molar-refractivity contribution is 5.26. The third-order valence-corrected chi connectivity index (χ3v) is 6.43. The second-order valence-corrected chi connectivity index (χ2v) is 7.41. The van der Waals surface area contributed by atoms with Crippen LogP contribution in [-0.4, -0.2) is 23.9 Å². The lowest BCUT2D eigenvalue weighted by atomic mass is 9.59. The molecule has 4 aliphatic rings. The molecule has 0 aromatic carbocycles. The second-order valence-electron chi connectivity index (χ2n) is 7.41. The van der Waals surface area contributed by atoms with Crippen LogP contribution in [0.5, 0.6) is 0 Å². The molecule has 0 N–H and O–H groups in total. The highest BCUT2D eigenvalue weighted by atomic mass is 16.7. The summed E-state index contributed by atoms with van der Waals surface area (Å²) in [5, 5.41) is 0. The first-order valence-corrected chi connectivity index (χ1v) is 7.33. The van der Waals surface area contributed by atoms with Gasteiger partial charge in [0.2, 0.25) is 0 Å². The van der Waals surface area contributed by atoms with Gasteiger partial charge in [0.25, 0.3) is 0 Å². The van der Waals surface area contributed by atoms with Crippen molar-refractivity contribution in [2.24, 2.45) is 23.2 Å². The minimum Gasteiger partial charge on any atom is -0.366 e. The van der Waals surface area contributed by atoms with Crippen molar-refractivity contribution >= 4 is 0 Å². The van der Waals surface area contributed by atoms with Crippen molar-refractivity contribution in [3.8, 4) is 0 Å². The van der Waals surface area contributed by atoms with Crippen LogP contribution in [-0.2, 0) is 9.47 Å². The van der Waals surface area contributed by atoms with Gasteiger partial charge in [0.1, 0.15) is 11.7 Å². The van der Waals surface area contributed by atoms with Crippen molar-refractivity contribution in [2.45, 2.75) is 70.9 Å². The van der Waals surface area contributed by atoms with Crippen LogP contribution in [0.1, 0.15) is 47.0 Å². The van der Waals surface area contributed by atoms with E-state index in [4.69, 9.17) is 9.47 Å². The Labute approximate surface area is 104 Å². The molecule has 0 aromatic heterocycles. The van der Waals surface area contributed by atoms with Gasteiger partial charge in [-0.3, -0.25) is 0 Å². The first kappa shape index (κ1) is 10.8. The lowest BCUT2D eigenvalue weighted by Crippen LogP contribution is -2.46. The number of ether oxygens (including phenoxy) is 2. The fourth-order valence-corrected chi connectivity index (χ4v) is 5.29. The van der Waals surface area contributed by atoms with E-state index in [1.807, 2.05) is 0 Å². The average Bonchev–Trinajstić information content (AvgIpc) is 3.10. The van der Waals surface area contributed by atoms with Gasteiger partial charge in [0.05, 0.1) is 12.2 Å². The molecular formula is C15H24O2. The first-order valence-electron chi connectivity index (χ1n) is 7.33. The van der Waals surface area contributed by atoms with E-state index in [0.29, 0.717) is 23.7 Å². The molecule has 7 atom stereocenters. The molecular weight excluding hydrogens is 212 g/mol. The highest BCUT2D eigenvalue weighted by Crippen LogP contribution is 2.70. The topological polar surface area (TPSA) is 25.1 Å². The van der Waals surface area contributed by atoms with Crippen LogP contribution in [0, 0.1) is 23.2 Å². The third kappa shape index (κ3) is 1.10. The molecule has 2 saturated heterocycles. The summed E-state index contributed by atoms with van der Waals surface area (Å²) < 4.78 is 12.1. The molecule has 4 rings (SSSR count). The van der Waals surface area contributed by atoms with Crippen molar-refractivity contribution in [3.05, 3.63) is 0 Å². The van der Waals surface area contributed by atoms with Gasteiger partial charge in [-0.05, 0) is 43.9 Å². The smallest absolute Gasteiger partial charge is 0.121 e. The van der Waals surface area contributed by atoms with Gasteiger partial charge < -0.3 is 9.47 Å². The van der Waals surface area contributed by atoms with Gasteiger partial charge in [-0.1, -0.05) is 20.8 Å². The van der Waals surface area contributed by atoms with Crippen molar-refractivity contribution in [3.63, 3.8) is 0 Å². The molecule has 0 amide bonds. The quantitative estimate of drug-likeness (QED) is 0.654.